The molecule has 2 aromatic carbocycles. The molecule has 0 bridgehead atoms. The molecule has 4 heteroatoms. The average Bonchev–Trinajstić information content (AvgIpc) is 2.49. The van der Waals surface area contributed by atoms with Crippen molar-refractivity contribution in [1.29, 1.82) is 0 Å². The topological polar surface area (TPSA) is 21.3 Å². The molecule has 21 heavy (non-hydrogen) atoms. The lowest BCUT2D eigenvalue weighted by Gasteiger charge is -2.21. The highest BCUT2D eigenvalue weighted by atomic mass is 127. The van der Waals surface area contributed by atoms with Gasteiger partial charge in [0.1, 0.15) is 5.75 Å². The molecule has 0 aromatic heterocycles. The monoisotopic (exact) mass is 459 g/mol. The molecule has 0 fully saturated rings. The van der Waals surface area contributed by atoms with Crippen molar-refractivity contribution >= 4 is 38.5 Å². The van der Waals surface area contributed by atoms with Crippen LogP contribution in [0.25, 0.3) is 0 Å². The van der Waals surface area contributed by atoms with Gasteiger partial charge in [-0.3, -0.25) is 0 Å². The van der Waals surface area contributed by atoms with Gasteiger partial charge >= 0.3 is 0 Å². The van der Waals surface area contributed by atoms with Crippen LogP contribution < -0.4 is 10.1 Å². The summed E-state index contributed by atoms with van der Waals surface area (Å²) in [7, 11) is 0. The van der Waals surface area contributed by atoms with Gasteiger partial charge in [-0.1, -0.05) is 35.0 Å². The van der Waals surface area contributed by atoms with Crippen molar-refractivity contribution in [2.75, 3.05) is 13.2 Å². The molecule has 112 valence electrons. The molecule has 0 saturated carbocycles. The van der Waals surface area contributed by atoms with E-state index in [9.17, 15) is 0 Å². The highest BCUT2D eigenvalue weighted by Gasteiger charge is 2.16. The molecule has 0 radical (unpaired) electrons. The summed E-state index contributed by atoms with van der Waals surface area (Å²) in [6.07, 6.45) is 0. The Morgan fingerprint density at radius 2 is 1.86 bits per heavy atom. The Morgan fingerprint density at radius 1 is 1.14 bits per heavy atom. The first-order valence-corrected chi connectivity index (χ1v) is 8.94. The summed E-state index contributed by atoms with van der Waals surface area (Å²) in [4.78, 5) is 0. The summed E-state index contributed by atoms with van der Waals surface area (Å²) in [5.74, 6) is 0.915. The lowest BCUT2D eigenvalue weighted by atomic mass is 9.98. The summed E-state index contributed by atoms with van der Waals surface area (Å²) in [5.41, 5.74) is 2.50. The fourth-order valence-corrected chi connectivity index (χ4v) is 3.26. The molecule has 0 amide bonds. The molecular weight excluding hydrogens is 441 g/mol. The van der Waals surface area contributed by atoms with E-state index in [0.717, 1.165) is 16.8 Å². The van der Waals surface area contributed by atoms with Crippen molar-refractivity contribution in [1.82, 2.24) is 5.32 Å². The van der Waals surface area contributed by atoms with E-state index in [-0.39, 0.29) is 6.04 Å². The number of halogens is 2. The number of benzene rings is 2. The molecule has 1 unspecified atom stereocenters. The number of hydrogen-bond acceptors (Lipinski definition) is 2. The lowest BCUT2D eigenvalue weighted by molar-refractivity contribution is 0.340. The number of ether oxygens (including phenoxy) is 1. The molecule has 2 aromatic rings. The summed E-state index contributed by atoms with van der Waals surface area (Å²) in [6, 6.07) is 14.9. The lowest BCUT2D eigenvalue weighted by Crippen LogP contribution is -2.22. The zero-order valence-electron chi connectivity index (χ0n) is 12.2. The first-order chi connectivity index (χ1) is 10.2. The number of hydrogen-bond donors (Lipinski definition) is 1. The molecule has 1 atom stereocenters. The van der Waals surface area contributed by atoms with Crippen molar-refractivity contribution in [3.8, 4) is 5.75 Å². The average molecular weight is 460 g/mol. The molecule has 0 aliphatic heterocycles. The zero-order valence-corrected chi connectivity index (χ0v) is 15.9. The van der Waals surface area contributed by atoms with Crippen molar-refractivity contribution in [2.45, 2.75) is 19.9 Å². The van der Waals surface area contributed by atoms with Crippen molar-refractivity contribution in [2.24, 2.45) is 0 Å². The first kappa shape index (κ1) is 16.8. The van der Waals surface area contributed by atoms with Crippen LogP contribution in [0.5, 0.6) is 5.75 Å². The van der Waals surface area contributed by atoms with E-state index < -0.39 is 0 Å². The van der Waals surface area contributed by atoms with Crippen molar-refractivity contribution in [3.05, 3.63) is 61.6 Å². The van der Waals surface area contributed by atoms with Crippen LogP contribution in [-0.2, 0) is 0 Å². The van der Waals surface area contributed by atoms with E-state index in [2.05, 4.69) is 81.1 Å². The second-order valence-corrected chi connectivity index (χ2v) is 6.76. The van der Waals surface area contributed by atoms with Gasteiger partial charge in [-0.2, -0.15) is 0 Å². The fraction of sp³-hybridized carbons (Fsp3) is 0.294. The van der Waals surface area contributed by atoms with Crippen LogP contribution in [0.1, 0.15) is 31.0 Å². The Labute approximate surface area is 148 Å². The maximum absolute atomic E-state index is 5.52. The van der Waals surface area contributed by atoms with Crippen LogP contribution in [-0.4, -0.2) is 13.2 Å². The molecule has 0 heterocycles. The third-order valence-electron chi connectivity index (χ3n) is 3.20. The largest absolute Gasteiger partial charge is 0.494 e. The van der Waals surface area contributed by atoms with Crippen LogP contribution in [0.3, 0.4) is 0 Å². The Kier molecular flexibility index (Phi) is 6.51. The van der Waals surface area contributed by atoms with Gasteiger partial charge in [-0.05, 0) is 77.5 Å². The van der Waals surface area contributed by atoms with Crippen LogP contribution in [0.2, 0.25) is 0 Å². The summed E-state index contributed by atoms with van der Waals surface area (Å²) in [5, 5.41) is 3.56. The Morgan fingerprint density at radius 3 is 2.48 bits per heavy atom. The third-order valence-corrected chi connectivity index (χ3v) is 4.59. The quantitative estimate of drug-likeness (QED) is 0.603. The maximum Gasteiger partial charge on any atom is 0.119 e. The van der Waals surface area contributed by atoms with Crippen LogP contribution in [0, 0.1) is 3.57 Å². The highest BCUT2D eigenvalue weighted by Crippen LogP contribution is 2.31. The first-order valence-electron chi connectivity index (χ1n) is 7.06. The highest BCUT2D eigenvalue weighted by molar-refractivity contribution is 14.1. The van der Waals surface area contributed by atoms with Crippen molar-refractivity contribution in [3.63, 3.8) is 0 Å². The van der Waals surface area contributed by atoms with Crippen molar-refractivity contribution < 1.29 is 4.74 Å². The minimum absolute atomic E-state index is 0.176. The van der Waals surface area contributed by atoms with Crippen LogP contribution in [0.4, 0.5) is 0 Å². The van der Waals surface area contributed by atoms with E-state index >= 15 is 0 Å². The molecule has 0 aliphatic carbocycles. The Bertz CT molecular complexity index is 586. The molecule has 0 aliphatic rings. The third kappa shape index (κ3) is 4.44. The van der Waals surface area contributed by atoms with E-state index in [1.54, 1.807) is 0 Å². The normalized spacial score (nSPS) is 12.2. The van der Waals surface area contributed by atoms with Gasteiger partial charge in [-0.25, -0.2) is 0 Å². The molecule has 2 nitrogen and oxygen atoms in total. The SMILES string of the molecule is CCNC(c1ccc(OCC)cc1)c1cc(I)ccc1Br. The van der Waals surface area contributed by atoms with E-state index in [1.165, 1.54) is 14.7 Å². The molecular formula is C17H19BrINO. The van der Waals surface area contributed by atoms with Gasteiger partial charge in [0.25, 0.3) is 0 Å². The van der Waals surface area contributed by atoms with E-state index in [0.29, 0.717) is 6.61 Å². The van der Waals surface area contributed by atoms with Gasteiger partial charge in [-0.15, -0.1) is 0 Å². The minimum atomic E-state index is 0.176. The Balaban J connectivity index is 2.35. The van der Waals surface area contributed by atoms with Gasteiger partial charge in [0.15, 0.2) is 0 Å². The van der Waals surface area contributed by atoms with Crippen LogP contribution >= 0.6 is 38.5 Å². The smallest absolute Gasteiger partial charge is 0.119 e. The van der Waals surface area contributed by atoms with E-state index in [4.69, 9.17) is 4.74 Å². The number of nitrogens with one attached hydrogen (secondary N) is 1. The van der Waals surface area contributed by atoms with Gasteiger partial charge in [0.2, 0.25) is 0 Å². The fourth-order valence-electron chi connectivity index (χ4n) is 2.27. The van der Waals surface area contributed by atoms with Gasteiger partial charge in [0.05, 0.1) is 12.6 Å². The summed E-state index contributed by atoms with van der Waals surface area (Å²) >= 11 is 6.02. The van der Waals surface area contributed by atoms with Gasteiger partial charge < -0.3 is 10.1 Å². The molecule has 2 rings (SSSR count). The summed E-state index contributed by atoms with van der Waals surface area (Å²) < 4.78 is 7.88. The maximum atomic E-state index is 5.52. The summed E-state index contributed by atoms with van der Waals surface area (Å²) in [6.45, 7) is 5.73. The number of rotatable bonds is 6. The second-order valence-electron chi connectivity index (χ2n) is 4.66. The Hall–Kier alpha value is -0.590. The zero-order chi connectivity index (χ0) is 15.2. The van der Waals surface area contributed by atoms with E-state index in [1.807, 2.05) is 19.1 Å². The molecule has 0 saturated heterocycles. The minimum Gasteiger partial charge on any atom is -0.494 e. The second kappa shape index (κ2) is 8.15. The predicted molar refractivity (Wildman–Crippen MR) is 100.0 cm³/mol. The predicted octanol–water partition coefficient (Wildman–Crippen LogP) is 5.15. The van der Waals surface area contributed by atoms with Crippen LogP contribution in [0.15, 0.2) is 46.9 Å². The molecule has 1 N–H and O–H groups in total. The molecule has 0 spiro atoms. The van der Waals surface area contributed by atoms with Gasteiger partial charge in [0, 0.05) is 8.04 Å². The standard InChI is InChI=1S/C17H19BrINO/c1-3-20-17(15-11-13(19)7-10-16(15)18)12-5-8-14(9-6-12)21-4-2/h5-11,17,20H,3-4H2,1-2H3.